The number of aryl methyl sites for hydroxylation is 2. The van der Waals surface area contributed by atoms with Crippen molar-refractivity contribution in [3.63, 3.8) is 0 Å². The maximum Gasteiger partial charge on any atom is 0.206 e. The number of halogens is 1. The average Bonchev–Trinajstić information content (AvgIpc) is 2.98. The molecular formula is C15H13IO2S. The summed E-state index contributed by atoms with van der Waals surface area (Å²) in [4.78, 5) is 14.8. The maximum atomic E-state index is 12.6. The number of carbonyl (C=O) groups is 1. The van der Waals surface area contributed by atoms with Crippen molar-refractivity contribution < 1.29 is 9.53 Å². The number of fused-ring (bicyclic) bond motifs is 1. The Morgan fingerprint density at radius 2 is 2.16 bits per heavy atom. The molecule has 2 nitrogen and oxygen atoms in total. The van der Waals surface area contributed by atoms with Gasteiger partial charge >= 0.3 is 0 Å². The third-order valence-electron chi connectivity index (χ3n) is 3.38. The summed E-state index contributed by atoms with van der Waals surface area (Å²) in [6.45, 7) is 0. The zero-order valence-electron chi connectivity index (χ0n) is 10.5. The average molecular weight is 384 g/mol. The second-order valence-corrected chi connectivity index (χ2v) is 6.97. The lowest BCUT2D eigenvalue weighted by molar-refractivity contribution is 0.103. The van der Waals surface area contributed by atoms with Crippen LogP contribution >= 0.6 is 33.9 Å². The molecule has 19 heavy (non-hydrogen) atoms. The molecule has 0 saturated heterocycles. The number of thiophene rings is 1. The van der Waals surface area contributed by atoms with Crippen LogP contribution in [0.25, 0.3) is 0 Å². The van der Waals surface area contributed by atoms with Gasteiger partial charge in [0.15, 0.2) is 0 Å². The van der Waals surface area contributed by atoms with Gasteiger partial charge < -0.3 is 4.74 Å². The predicted molar refractivity (Wildman–Crippen MR) is 85.5 cm³/mol. The van der Waals surface area contributed by atoms with Crippen LogP contribution in [-0.4, -0.2) is 12.9 Å². The third kappa shape index (κ3) is 2.43. The van der Waals surface area contributed by atoms with Gasteiger partial charge in [-0.25, -0.2) is 0 Å². The molecule has 0 bridgehead atoms. The molecule has 0 radical (unpaired) electrons. The zero-order chi connectivity index (χ0) is 13.4. The highest BCUT2D eigenvalue weighted by Gasteiger charge is 2.21. The lowest BCUT2D eigenvalue weighted by Crippen LogP contribution is -2.02. The van der Waals surface area contributed by atoms with Crippen LogP contribution in [0.1, 0.15) is 32.1 Å². The van der Waals surface area contributed by atoms with E-state index in [-0.39, 0.29) is 5.78 Å². The van der Waals surface area contributed by atoms with Crippen LogP contribution in [0.5, 0.6) is 5.75 Å². The van der Waals surface area contributed by atoms with Crippen LogP contribution in [0, 0.1) is 3.57 Å². The fourth-order valence-corrected chi connectivity index (χ4v) is 4.13. The van der Waals surface area contributed by atoms with Crippen molar-refractivity contribution >= 4 is 39.7 Å². The van der Waals surface area contributed by atoms with Crippen molar-refractivity contribution in [3.05, 3.63) is 48.7 Å². The van der Waals surface area contributed by atoms with Crippen LogP contribution in [0.15, 0.2) is 24.3 Å². The van der Waals surface area contributed by atoms with Crippen molar-refractivity contribution in [1.29, 1.82) is 0 Å². The number of ketones is 1. The topological polar surface area (TPSA) is 26.3 Å². The molecule has 98 valence electrons. The molecule has 3 rings (SSSR count). The Morgan fingerprint density at radius 3 is 2.89 bits per heavy atom. The molecule has 0 amide bonds. The van der Waals surface area contributed by atoms with Crippen molar-refractivity contribution in [2.75, 3.05) is 7.11 Å². The highest BCUT2D eigenvalue weighted by molar-refractivity contribution is 14.1. The van der Waals surface area contributed by atoms with E-state index >= 15 is 0 Å². The monoisotopic (exact) mass is 384 g/mol. The van der Waals surface area contributed by atoms with Crippen LogP contribution < -0.4 is 4.74 Å². The SMILES string of the molecule is COc1ccc(I)cc1C(=O)c1cc2c(s1)CCC2. The number of hydrogen-bond donors (Lipinski definition) is 0. The van der Waals surface area contributed by atoms with Gasteiger partial charge in [-0.05, 0) is 71.7 Å². The normalized spacial score (nSPS) is 13.4. The van der Waals surface area contributed by atoms with E-state index in [9.17, 15) is 4.79 Å². The lowest BCUT2D eigenvalue weighted by Gasteiger charge is -2.07. The van der Waals surface area contributed by atoms with E-state index in [0.29, 0.717) is 11.3 Å². The summed E-state index contributed by atoms with van der Waals surface area (Å²) in [5, 5.41) is 0. The van der Waals surface area contributed by atoms with E-state index in [1.807, 2.05) is 18.2 Å². The molecule has 2 aromatic rings. The van der Waals surface area contributed by atoms with Crippen LogP contribution in [-0.2, 0) is 12.8 Å². The van der Waals surface area contributed by atoms with Gasteiger partial charge in [0, 0.05) is 8.45 Å². The zero-order valence-corrected chi connectivity index (χ0v) is 13.5. The first-order valence-corrected chi connectivity index (χ1v) is 8.08. The molecule has 0 fully saturated rings. The third-order valence-corrected chi connectivity index (χ3v) is 5.28. The number of benzene rings is 1. The Hall–Kier alpha value is -0.880. The van der Waals surface area contributed by atoms with Crippen molar-refractivity contribution in [2.45, 2.75) is 19.3 Å². The number of ether oxygens (including phenoxy) is 1. The predicted octanol–water partition coefficient (Wildman–Crippen LogP) is 4.08. The second-order valence-electron chi connectivity index (χ2n) is 4.59. The molecule has 0 atom stereocenters. The molecule has 0 aliphatic heterocycles. The highest BCUT2D eigenvalue weighted by Crippen LogP contribution is 2.33. The number of hydrogen-bond acceptors (Lipinski definition) is 3. The first-order valence-electron chi connectivity index (χ1n) is 6.19. The summed E-state index contributed by atoms with van der Waals surface area (Å²) < 4.78 is 6.35. The van der Waals surface area contributed by atoms with Gasteiger partial charge in [-0.15, -0.1) is 11.3 Å². The van der Waals surface area contributed by atoms with Gasteiger partial charge in [0.1, 0.15) is 5.75 Å². The second kappa shape index (κ2) is 5.25. The van der Waals surface area contributed by atoms with Gasteiger partial charge in [0.05, 0.1) is 17.6 Å². The van der Waals surface area contributed by atoms with E-state index in [4.69, 9.17) is 4.74 Å². The number of carbonyl (C=O) groups excluding carboxylic acids is 1. The maximum absolute atomic E-state index is 12.6. The molecule has 0 saturated carbocycles. The number of rotatable bonds is 3. The molecule has 1 aliphatic rings. The standard InChI is InChI=1S/C15H13IO2S/c1-18-12-6-5-10(16)8-11(12)15(17)14-7-9-3-2-4-13(9)19-14/h5-8H,2-4H2,1H3. The first kappa shape index (κ1) is 13.1. The Kier molecular flexibility index (Phi) is 3.62. The molecule has 1 aromatic carbocycles. The fourth-order valence-electron chi connectivity index (χ4n) is 2.43. The molecule has 0 spiro atoms. The Labute approximate surface area is 129 Å². The molecule has 1 aromatic heterocycles. The summed E-state index contributed by atoms with van der Waals surface area (Å²) in [5.41, 5.74) is 2.02. The van der Waals surface area contributed by atoms with Gasteiger partial charge in [-0.1, -0.05) is 0 Å². The minimum atomic E-state index is 0.0785. The number of methoxy groups -OCH3 is 1. The molecule has 1 heterocycles. The van der Waals surface area contributed by atoms with Gasteiger partial charge in [-0.2, -0.15) is 0 Å². The van der Waals surface area contributed by atoms with Crippen molar-refractivity contribution in [2.24, 2.45) is 0 Å². The highest BCUT2D eigenvalue weighted by atomic mass is 127. The van der Waals surface area contributed by atoms with Gasteiger partial charge in [0.2, 0.25) is 5.78 Å². The molecule has 1 aliphatic carbocycles. The Balaban J connectivity index is 2.01. The minimum Gasteiger partial charge on any atom is -0.496 e. The van der Waals surface area contributed by atoms with Crippen LogP contribution in [0.4, 0.5) is 0 Å². The lowest BCUT2D eigenvalue weighted by atomic mass is 10.1. The van der Waals surface area contributed by atoms with Gasteiger partial charge in [0.25, 0.3) is 0 Å². The molecular weight excluding hydrogens is 371 g/mol. The smallest absolute Gasteiger partial charge is 0.206 e. The van der Waals surface area contributed by atoms with E-state index < -0.39 is 0 Å². The largest absolute Gasteiger partial charge is 0.496 e. The van der Waals surface area contributed by atoms with E-state index in [0.717, 1.165) is 21.3 Å². The molecule has 4 heteroatoms. The Bertz CT molecular complexity index is 624. The van der Waals surface area contributed by atoms with E-state index in [2.05, 4.69) is 28.7 Å². The minimum absolute atomic E-state index is 0.0785. The summed E-state index contributed by atoms with van der Waals surface area (Å²) in [6.07, 6.45) is 3.46. The van der Waals surface area contributed by atoms with Crippen molar-refractivity contribution in [1.82, 2.24) is 0 Å². The van der Waals surface area contributed by atoms with E-state index in [1.54, 1.807) is 18.4 Å². The van der Waals surface area contributed by atoms with Crippen molar-refractivity contribution in [3.8, 4) is 5.75 Å². The van der Waals surface area contributed by atoms with Gasteiger partial charge in [-0.3, -0.25) is 4.79 Å². The summed E-state index contributed by atoms with van der Waals surface area (Å²) in [5.74, 6) is 0.730. The Morgan fingerprint density at radius 1 is 1.32 bits per heavy atom. The summed E-state index contributed by atoms with van der Waals surface area (Å²) in [7, 11) is 1.60. The fraction of sp³-hybridized carbons (Fsp3) is 0.267. The van der Waals surface area contributed by atoms with Crippen LogP contribution in [0.2, 0.25) is 0 Å². The summed E-state index contributed by atoms with van der Waals surface area (Å²) in [6, 6.07) is 7.77. The molecule has 0 unspecified atom stereocenters. The van der Waals surface area contributed by atoms with Crippen LogP contribution in [0.3, 0.4) is 0 Å². The summed E-state index contributed by atoms with van der Waals surface area (Å²) >= 11 is 3.86. The quantitative estimate of drug-likeness (QED) is 0.589. The molecule has 0 N–H and O–H groups in total. The van der Waals surface area contributed by atoms with E-state index in [1.165, 1.54) is 16.9 Å². The first-order chi connectivity index (χ1) is 9.19.